The molecule has 6 heteroatoms. The molecule has 0 aliphatic carbocycles. The number of benzene rings is 2. The first-order chi connectivity index (χ1) is 15.0. The van der Waals surface area contributed by atoms with E-state index < -0.39 is 5.97 Å². The first kappa shape index (κ1) is 22.2. The molecular formula is C25H27NO5. The lowest BCUT2D eigenvalue weighted by molar-refractivity contribution is 0.0343. The summed E-state index contributed by atoms with van der Waals surface area (Å²) in [6.45, 7) is 2.11. The highest BCUT2D eigenvalue weighted by molar-refractivity contribution is 6.00. The first-order valence-electron chi connectivity index (χ1n) is 10.3. The van der Waals surface area contributed by atoms with E-state index in [1.165, 1.54) is 6.07 Å². The van der Waals surface area contributed by atoms with Crippen LogP contribution in [0.4, 0.5) is 0 Å². The fourth-order valence-corrected chi connectivity index (χ4v) is 3.23. The van der Waals surface area contributed by atoms with Gasteiger partial charge in [-0.3, -0.25) is 0 Å². The number of aromatic hydroxyl groups is 2. The van der Waals surface area contributed by atoms with Crippen molar-refractivity contribution in [2.75, 3.05) is 0 Å². The molecule has 1 unspecified atom stereocenters. The molecule has 1 aliphatic rings. The van der Waals surface area contributed by atoms with E-state index in [4.69, 9.17) is 9.57 Å². The number of cyclic esters (lactones) is 1. The quantitative estimate of drug-likeness (QED) is 0.411. The molecular weight excluding hydrogens is 394 g/mol. The summed E-state index contributed by atoms with van der Waals surface area (Å²) in [5, 5.41) is 24.6. The number of carbonyl (C=O) groups is 1. The van der Waals surface area contributed by atoms with Crippen molar-refractivity contribution in [1.82, 2.24) is 0 Å². The third-order valence-electron chi connectivity index (χ3n) is 4.77. The highest BCUT2D eigenvalue weighted by atomic mass is 16.6. The summed E-state index contributed by atoms with van der Waals surface area (Å²) in [5.74, 6) is -1.11. The number of oxime groups is 1. The lowest BCUT2D eigenvalue weighted by Crippen LogP contribution is -2.17. The zero-order valence-corrected chi connectivity index (χ0v) is 17.5. The fourth-order valence-electron chi connectivity index (χ4n) is 3.23. The minimum Gasteiger partial charge on any atom is -0.508 e. The van der Waals surface area contributed by atoms with E-state index >= 15 is 0 Å². The van der Waals surface area contributed by atoms with E-state index in [2.05, 4.69) is 5.16 Å². The van der Waals surface area contributed by atoms with Gasteiger partial charge in [0, 0.05) is 18.9 Å². The summed E-state index contributed by atoms with van der Waals surface area (Å²) in [6, 6.07) is 12.2. The van der Waals surface area contributed by atoms with Gasteiger partial charge in [-0.2, -0.15) is 0 Å². The van der Waals surface area contributed by atoms with Gasteiger partial charge in [-0.15, -0.1) is 0 Å². The Bertz CT molecular complexity index is 979. The standard InChI is InChI=1S/C25H27NO5/c1-18-10-6-3-2-4-9-13-21(26-30-17-19-11-7-5-8-12-19)14-20-15-22(27)16-23(28)24(20)25(29)31-18/h3,5-9,11-13,15-16,18,27-28H,2,4,10,14,17H2,1H3/b6-3+,13-9+,26-21+. The number of hydrogen-bond donors (Lipinski definition) is 2. The van der Waals surface area contributed by atoms with Crippen LogP contribution in [0.1, 0.15) is 47.7 Å². The summed E-state index contributed by atoms with van der Waals surface area (Å²) in [6.07, 6.45) is 9.96. The van der Waals surface area contributed by atoms with E-state index in [1.807, 2.05) is 54.6 Å². The van der Waals surface area contributed by atoms with E-state index in [-0.39, 0.29) is 29.6 Å². The third kappa shape index (κ3) is 6.74. The Balaban J connectivity index is 1.91. The van der Waals surface area contributed by atoms with Crippen LogP contribution in [0.2, 0.25) is 0 Å². The van der Waals surface area contributed by atoms with Crippen molar-refractivity contribution in [3.05, 3.63) is 83.5 Å². The second-order valence-electron chi connectivity index (χ2n) is 7.42. The summed E-state index contributed by atoms with van der Waals surface area (Å²) < 4.78 is 5.50. The van der Waals surface area contributed by atoms with Gasteiger partial charge in [-0.25, -0.2) is 4.79 Å². The monoisotopic (exact) mass is 421 g/mol. The second kappa shape index (κ2) is 11.0. The van der Waals surface area contributed by atoms with Crippen molar-refractivity contribution in [3.63, 3.8) is 0 Å². The van der Waals surface area contributed by atoms with Gasteiger partial charge in [0.25, 0.3) is 0 Å². The van der Waals surface area contributed by atoms with Crippen molar-refractivity contribution < 1.29 is 24.6 Å². The zero-order valence-electron chi connectivity index (χ0n) is 17.5. The number of esters is 1. The predicted molar refractivity (Wildman–Crippen MR) is 119 cm³/mol. The van der Waals surface area contributed by atoms with E-state index in [0.717, 1.165) is 24.5 Å². The molecule has 0 fully saturated rings. The van der Waals surface area contributed by atoms with Crippen LogP contribution in [-0.2, 0) is 22.6 Å². The Morgan fingerprint density at radius 1 is 1.10 bits per heavy atom. The van der Waals surface area contributed by atoms with Crippen molar-refractivity contribution in [3.8, 4) is 11.5 Å². The van der Waals surface area contributed by atoms with Gasteiger partial charge in [0.2, 0.25) is 0 Å². The third-order valence-corrected chi connectivity index (χ3v) is 4.77. The van der Waals surface area contributed by atoms with Crippen LogP contribution in [0.25, 0.3) is 0 Å². The van der Waals surface area contributed by atoms with Crippen LogP contribution in [0.15, 0.2) is 71.9 Å². The predicted octanol–water partition coefficient (Wildman–Crippen LogP) is 5.05. The van der Waals surface area contributed by atoms with E-state index in [1.54, 1.807) is 6.92 Å². The molecule has 0 spiro atoms. The van der Waals surface area contributed by atoms with Crippen molar-refractivity contribution >= 4 is 11.7 Å². The molecule has 1 heterocycles. The Kier molecular flexibility index (Phi) is 7.87. The topological polar surface area (TPSA) is 88.4 Å². The van der Waals surface area contributed by atoms with Crippen molar-refractivity contribution in [2.24, 2.45) is 5.16 Å². The summed E-state index contributed by atoms with van der Waals surface area (Å²) in [4.78, 5) is 18.3. The van der Waals surface area contributed by atoms with Crippen LogP contribution in [0, 0.1) is 0 Å². The van der Waals surface area contributed by atoms with Gasteiger partial charge in [0.15, 0.2) is 0 Å². The molecule has 1 aliphatic heterocycles. The van der Waals surface area contributed by atoms with Gasteiger partial charge in [0.05, 0.1) is 5.71 Å². The molecule has 0 saturated heterocycles. The van der Waals surface area contributed by atoms with Crippen molar-refractivity contribution in [2.45, 2.75) is 45.3 Å². The van der Waals surface area contributed by atoms with Gasteiger partial charge < -0.3 is 19.8 Å². The molecule has 0 amide bonds. The second-order valence-corrected chi connectivity index (χ2v) is 7.42. The maximum Gasteiger partial charge on any atom is 0.342 e. The first-order valence-corrected chi connectivity index (χ1v) is 10.3. The van der Waals surface area contributed by atoms with Gasteiger partial charge in [-0.1, -0.05) is 53.7 Å². The summed E-state index contributed by atoms with van der Waals surface area (Å²) >= 11 is 0. The molecule has 2 N–H and O–H groups in total. The van der Waals surface area contributed by atoms with Crippen molar-refractivity contribution in [1.29, 1.82) is 0 Å². The van der Waals surface area contributed by atoms with E-state index in [0.29, 0.717) is 24.3 Å². The zero-order chi connectivity index (χ0) is 22.1. The maximum atomic E-state index is 12.7. The molecule has 0 bridgehead atoms. The fraction of sp³-hybridized carbons (Fsp3) is 0.280. The highest BCUT2D eigenvalue weighted by Gasteiger charge is 2.22. The number of fused-ring (bicyclic) bond motifs is 1. The number of hydrogen-bond acceptors (Lipinski definition) is 6. The van der Waals surface area contributed by atoms with Crippen LogP contribution < -0.4 is 0 Å². The molecule has 2 aromatic carbocycles. The molecule has 0 saturated carbocycles. The van der Waals surface area contributed by atoms with Crippen LogP contribution >= 0.6 is 0 Å². The lowest BCUT2D eigenvalue weighted by Gasteiger charge is -2.16. The average Bonchev–Trinajstić information content (AvgIpc) is 2.72. The molecule has 0 aromatic heterocycles. The molecule has 0 radical (unpaired) electrons. The Morgan fingerprint density at radius 3 is 2.68 bits per heavy atom. The maximum absolute atomic E-state index is 12.7. The normalized spacial score (nSPS) is 20.9. The summed E-state index contributed by atoms with van der Waals surface area (Å²) in [7, 11) is 0. The molecule has 3 rings (SSSR count). The van der Waals surface area contributed by atoms with Crippen LogP contribution in [-0.4, -0.2) is 28.0 Å². The minimum absolute atomic E-state index is 0.0230. The number of phenolic OH excluding ortho intramolecular Hbond substituents is 2. The highest BCUT2D eigenvalue weighted by Crippen LogP contribution is 2.29. The molecule has 31 heavy (non-hydrogen) atoms. The minimum atomic E-state index is -0.640. The smallest absolute Gasteiger partial charge is 0.342 e. The van der Waals surface area contributed by atoms with Gasteiger partial charge >= 0.3 is 5.97 Å². The Hall–Kier alpha value is -3.54. The lowest BCUT2D eigenvalue weighted by atomic mass is 9.99. The number of ether oxygens (including phenoxy) is 1. The number of allylic oxidation sites excluding steroid dienone is 3. The Morgan fingerprint density at radius 2 is 1.87 bits per heavy atom. The molecule has 6 nitrogen and oxygen atoms in total. The number of nitrogens with zero attached hydrogens (tertiary/aromatic N) is 1. The average molecular weight is 421 g/mol. The SMILES string of the molecule is CC1C/C=C/CC/C=C/C(=N\OCc2ccccc2)Cc2cc(O)cc(O)c2C(=O)O1. The Labute approximate surface area is 182 Å². The van der Waals surface area contributed by atoms with Crippen LogP contribution in [0.3, 0.4) is 0 Å². The number of phenols is 2. The molecule has 162 valence electrons. The summed E-state index contributed by atoms with van der Waals surface area (Å²) in [5.41, 5.74) is 1.98. The number of carbonyl (C=O) groups excluding carboxylic acids is 1. The van der Waals surface area contributed by atoms with Gasteiger partial charge in [-0.05, 0) is 43.0 Å². The molecule has 1 atom stereocenters. The van der Waals surface area contributed by atoms with Crippen LogP contribution in [0.5, 0.6) is 11.5 Å². The van der Waals surface area contributed by atoms with E-state index in [9.17, 15) is 15.0 Å². The number of rotatable bonds is 3. The largest absolute Gasteiger partial charge is 0.508 e. The molecule has 2 aromatic rings. The van der Waals surface area contributed by atoms with Gasteiger partial charge in [0.1, 0.15) is 29.8 Å².